The fraction of sp³-hybridized carbons (Fsp3) is 0.444. The van der Waals surface area contributed by atoms with Crippen molar-refractivity contribution in [2.45, 2.75) is 26.3 Å². The third-order valence-corrected chi connectivity index (χ3v) is 4.96. The van der Waals surface area contributed by atoms with Crippen molar-refractivity contribution in [1.82, 2.24) is 15.2 Å². The molecule has 0 radical (unpaired) electrons. The van der Waals surface area contributed by atoms with Crippen LogP contribution < -0.4 is 10.1 Å². The van der Waals surface area contributed by atoms with Crippen molar-refractivity contribution >= 4 is 17.2 Å². The highest BCUT2D eigenvalue weighted by molar-refractivity contribution is 7.13. The Morgan fingerprint density at radius 3 is 2.92 bits per heavy atom. The van der Waals surface area contributed by atoms with E-state index in [1.165, 1.54) is 0 Å². The molecule has 6 heteroatoms. The number of amides is 1. The number of carbonyl (C=O) groups is 1. The number of ether oxygens (including phenoxy) is 1. The zero-order valence-electron chi connectivity index (χ0n) is 14.1. The number of benzene rings is 1. The van der Waals surface area contributed by atoms with Gasteiger partial charge in [0.2, 0.25) is 5.91 Å². The Bertz CT molecular complexity index is 684. The van der Waals surface area contributed by atoms with Crippen molar-refractivity contribution in [2.75, 3.05) is 26.2 Å². The van der Waals surface area contributed by atoms with Crippen LogP contribution in [0, 0.1) is 0 Å². The number of piperazine rings is 1. The molecule has 128 valence electrons. The molecule has 24 heavy (non-hydrogen) atoms. The molecule has 1 atom stereocenters. The smallest absolute Gasteiger partial charge is 0.228 e. The Morgan fingerprint density at radius 1 is 1.42 bits per heavy atom. The minimum atomic E-state index is 0.159. The van der Waals surface area contributed by atoms with Gasteiger partial charge in [0.25, 0.3) is 0 Å². The maximum Gasteiger partial charge on any atom is 0.228 e. The van der Waals surface area contributed by atoms with Gasteiger partial charge in [-0.1, -0.05) is 0 Å². The molecule has 1 aromatic carbocycles. The zero-order valence-corrected chi connectivity index (χ0v) is 14.9. The van der Waals surface area contributed by atoms with E-state index in [0.717, 1.165) is 41.6 Å². The van der Waals surface area contributed by atoms with Gasteiger partial charge in [0.15, 0.2) is 0 Å². The highest BCUT2D eigenvalue weighted by Crippen LogP contribution is 2.26. The van der Waals surface area contributed by atoms with E-state index in [2.05, 4.69) is 17.2 Å². The van der Waals surface area contributed by atoms with Gasteiger partial charge in [0.05, 0.1) is 18.7 Å². The molecule has 2 aromatic rings. The summed E-state index contributed by atoms with van der Waals surface area (Å²) in [5.41, 5.74) is 1.90. The second-order valence-electron chi connectivity index (χ2n) is 5.97. The highest BCUT2D eigenvalue weighted by Gasteiger charge is 2.21. The fourth-order valence-corrected chi connectivity index (χ4v) is 3.63. The van der Waals surface area contributed by atoms with Gasteiger partial charge < -0.3 is 15.0 Å². The lowest BCUT2D eigenvalue weighted by atomic mass is 10.2. The molecule has 1 aliphatic rings. The van der Waals surface area contributed by atoms with Crippen molar-refractivity contribution < 1.29 is 9.53 Å². The first-order valence-corrected chi connectivity index (χ1v) is 9.22. The van der Waals surface area contributed by atoms with Crippen LogP contribution in [0.5, 0.6) is 5.75 Å². The van der Waals surface area contributed by atoms with Crippen LogP contribution in [0.3, 0.4) is 0 Å². The lowest BCUT2D eigenvalue weighted by Gasteiger charge is -2.31. The van der Waals surface area contributed by atoms with Gasteiger partial charge in [0.1, 0.15) is 10.8 Å². The third kappa shape index (κ3) is 4.13. The predicted octanol–water partition coefficient (Wildman–Crippen LogP) is 2.57. The van der Waals surface area contributed by atoms with E-state index in [-0.39, 0.29) is 5.91 Å². The minimum Gasteiger partial charge on any atom is -0.494 e. The normalized spacial score (nSPS) is 17.8. The highest BCUT2D eigenvalue weighted by atomic mass is 32.1. The molecule has 0 bridgehead atoms. The summed E-state index contributed by atoms with van der Waals surface area (Å²) in [5.74, 6) is 1.02. The Labute approximate surface area is 146 Å². The summed E-state index contributed by atoms with van der Waals surface area (Å²) in [4.78, 5) is 19.0. The molecular formula is C18H23N3O2S. The van der Waals surface area contributed by atoms with Gasteiger partial charge in [-0.25, -0.2) is 4.98 Å². The lowest BCUT2D eigenvalue weighted by Crippen LogP contribution is -2.51. The zero-order chi connectivity index (χ0) is 16.9. The van der Waals surface area contributed by atoms with Gasteiger partial charge in [-0.2, -0.15) is 0 Å². The van der Waals surface area contributed by atoms with Crippen LogP contribution in [-0.2, 0) is 11.2 Å². The standard InChI is InChI=1S/C18H23N3O2S/c1-3-23-16-6-4-14(5-7-16)18-20-15(12-24-18)10-17(22)21-9-8-19-13(2)11-21/h4-7,12-13,19H,3,8-11H2,1-2H3. The molecule has 1 amide bonds. The largest absolute Gasteiger partial charge is 0.494 e. The van der Waals surface area contributed by atoms with E-state index in [4.69, 9.17) is 4.74 Å². The number of nitrogens with zero attached hydrogens (tertiary/aromatic N) is 2. The Morgan fingerprint density at radius 2 is 2.21 bits per heavy atom. The van der Waals surface area contributed by atoms with E-state index in [1.54, 1.807) is 11.3 Å². The maximum absolute atomic E-state index is 12.4. The van der Waals surface area contributed by atoms with Crippen LogP contribution in [0.2, 0.25) is 0 Å². The monoisotopic (exact) mass is 345 g/mol. The van der Waals surface area contributed by atoms with E-state index < -0.39 is 0 Å². The number of rotatable bonds is 5. The predicted molar refractivity (Wildman–Crippen MR) is 96.5 cm³/mol. The molecule has 1 saturated heterocycles. The molecule has 3 rings (SSSR count). The molecule has 1 N–H and O–H groups in total. The van der Waals surface area contributed by atoms with Crippen molar-refractivity contribution in [3.05, 3.63) is 35.3 Å². The molecule has 1 fully saturated rings. The summed E-state index contributed by atoms with van der Waals surface area (Å²) in [6, 6.07) is 8.28. The number of thiazole rings is 1. The fourth-order valence-electron chi connectivity index (χ4n) is 2.81. The van der Waals surface area contributed by atoms with Crippen molar-refractivity contribution in [3.8, 4) is 16.3 Å². The first-order chi connectivity index (χ1) is 11.7. The topological polar surface area (TPSA) is 54.5 Å². The quantitative estimate of drug-likeness (QED) is 0.905. The molecule has 1 unspecified atom stereocenters. The van der Waals surface area contributed by atoms with E-state index in [9.17, 15) is 4.79 Å². The van der Waals surface area contributed by atoms with Crippen LogP contribution in [0.4, 0.5) is 0 Å². The van der Waals surface area contributed by atoms with Crippen LogP contribution in [0.1, 0.15) is 19.5 Å². The van der Waals surface area contributed by atoms with E-state index >= 15 is 0 Å². The van der Waals surface area contributed by atoms with Gasteiger partial charge in [0, 0.05) is 36.6 Å². The SMILES string of the molecule is CCOc1ccc(-c2nc(CC(=O)N3CCNC(C)C3)cs2)cc1. The minimum absolute atomic E-state index is 0.159. The van der Waals surface area contributed by atoms with Gasteiger partial charge in [-0.3, -0.25) is 4.79 Å². The number of hydrogen-bond acceptors (Lipinski definition) is 5. The maximum atomic E-state index is 12.4. The second kappa shape index (κ2) is 7.77. The summed E-state index contributed by atoms with van der Waals surface area (Å²) in [7, 11) is 0. The van der Waals surface area contributed by atoms with Crippen LogP contribution in [-0.4, -0.2) is 48.1 Å². The van der Waals surface area contributed by atoms with Crippen molar-refractivity contribution in [3.63, 3.8) is 0 Å². The second-order valence-corrected chi connectivity index (χ2v) is 6.83. The lowest BCUT2D eigenvalue weighted by molar-refractivity contribution is -0.131. The van der Waals surface area contributed by atoms with Crippen LogP contribution in [0.25, 0.3) is 10.6 Å². The molecule has 2 heterocycles. The first-order valence-electron chi connectivity index (χ1n) is 8.34. The molecular weight excluding hydrogens is 322 g/mol. The van der Waals surface area contributed by atoms with Gasteiger partial charge in [-0.15, -0.1) is 11.3 Å². The van der Waals surface area contributed by atoms with Gasteiger partial charge in [-0.05, 0) is 38.1 Å². The molecule has 0 saturated carbocycles. The van der Waals surface area contributed by atoms with Gasteiger partial charge >= 0.3 is 0 Å². The Hall–Kier alpha value is -1.92. The summed E-state index contributed by atoms with van der Waals surface area (Å²) >= 11 is 1.58. The molecule has 0 aliphatic carbocycles. The molecule has 1 aromatic heterocycles. The molecule has 5 nitrogen and oxygen atoms in total. The van der Waals surface area contributed by atoms with Crippen molar-refractivity contribution in [2.24, 2.45) is 0 Å². The van der Waals surface area contributed by atoms with Crippen molar-refractivity contribution in [1.29, 1.82) is 0 Å². The number of carbonyl (C=O) groups excluding carboxylic acids is 1. The first kappa shape index (κ1) is 16.9. The summed E-state index contributed by atoms with van der Waals surface area (Å²) in [5, 5.41) is 6.27. The van der Waals surface area contributed by atoms with E-state index in [0.29, 0.717) is 19.1 Å². The average Bonchev–Trinajstić information content (AvgIpc) is 3.04. The summed E-state index contributed by atoms with van der Waals surface area (Å²) in [6.45, 7) is 7.14. The number of hydrogen-bond donors (Lipinski definition) is 1. The Balaban J connectivity index is 1.63. The number of nitrogens with one attached hydrogen (secondary N) is 1. The summed E-state index contributed by atoms with van der Waals surface area (Å²) in [6.07, 6.45) is 0.375. The van der Waals surface area contributed by atoms with E-state index in [1.807, 2.05) is 41.5 Å². The Kier molecular flexibility index (Phi) is 5.48. The summed E-state index contributed by atoms with van der Waals surface area (Å²) < 4.78 is 5.46. The average molecular weight is 345 g/mol. The van der Waals surface area contributed by atoms with Crippen LogP contribution >= 0.6 is 11.3 Å². The number of aromatic nitrogens is 1. The third-order valence-electron chi connectivity index (χ3n) is 4.02. The van der Waals surface area contributed by atoms with Crippen LogP contribution in [0.15, 0.2) is 29.6 Å². The molecule has 0 spiro atoms. The molecule has 1 aliphatic heterocycles.